The molecule has 1 N–H and O–H groups in total. The van der Waals surface area contributed by atoms with E-state index < -0.39 is 20.0 Å². The second-order valence-corrected chi connectivity index (χ2v) is 13.3. The summed E-state index contributed by atoms with van der Waals surface area (Å²) in [4.78, 5) is 6.26. The van der Waals surface area contributed by atoms with E-state index in [4.69, 9.17) is 27.9 Å². The maximum absolute atomic E-state index is 12.8. The molecule has 1 fully saturated rings. The van der Waals surface area contributed by atoms with E-state index in [9.17, 15) is 16.8 Å². The van der Waals surface area contributed by atoms with E-state index in [0.717, 1.165) is 9.79 Å². The number of benzene rings is 2. The molecule has 1 aromatic heterocycles. The molecule has 0 atom stereocenters. The van der Waals surface area contributed by atoms with E-state index in [2.05, 4.69) is 9.71 Å². The fraction of sp³-hybridized carbons (Fsp3) is 0.261. The summed E-state index contributed by atoms with van der Waals surface area (Å²) >= 11 is 13.3. The van der Waals surface area contributed by atoms with Crippen LogP contribution >= 0.6 is 35.0 Å². The monoisotopic (exact) mass is 587 g/mol. The van der Waals surface area contributed by atoms with Crippen molar-refractivity contribution in [3.05, 3.63) is 70.3 Å². The second-order valence-electron chi connectivity index (χ2n) is 7.77. The van der Waals surface area contributed by atoms with Gasteiger partial charge in [-0.2, -0.15) is 4.31 Å². The average Bonchev–Trinajstić information content (AvgIpc) is 2.85. The quantitative estimate of drug-likeness (QED) is 0.398. The highest BCUT2D eigenvalue weighted by atomic mass is 35.5. The summed E-state index contributed by atoms with van der Waals surface area (Å²) < 4.78 is 60.4. The van der Waals surface area contributed by atoms with Crippen LogP contribution < -0.4 is 4.72 Å². The van der Waals surface area contributed by atoms with Crippen molar-refractivity contribution >= 4 is 60.8 Å². The van der Waals surface area contributed by atoms with Crippen LogP contribution in [0.2, 0.25) is 10.0 Å². The van der Waals surface area contributed by atoms with Crippen LogP contribution in [0.4, 0.5) is 5.82 Å². The van der Waals surface area contributed by atoms with Gasteiger partial charge in [-0.15, -0.1) is 0 Å². The lowest BCUT2D eigenvalue weighted by atomic mass is 10.3. The third-order valence-corrected chi connectivity index (χ3v) is 10.4. The van der Waals surface area contributed by atoms with Gasteiger partial charge >= 0.3 is 0 Å². The minimum absolute atomic E-state index is 0.0111. The summed E-state index contributed by atoms with van der Waals surface area (Å²) in [6.07, 6.45) is 0.559. The molecular weight excluding hydrogens is 565 g/mol. The van der Waals surface area contributed by atoms with Crippen molar-refractivity contribution in [2.24, 2.45) is 0 Å². The highest BCUT2D eigenvalue weighted by Crippen LogP contribution is 2.33. The lowest BCUT2D eigenvalue weighted by molar-refractivity contribution is 0.0730. The average molecular weight is 589 g/mol. The number of rotatable bonds is 8. The zero-order valence-corrected chi connectivity index (χ0v) is 23.1. The van der Waals surface area contributed by atoms with E-state index in [1.807, 2.05) is 6.92 Å². The molecule has 0 unspecified atom stereocenters. The number of nitrogens with zero attached hydrogens (tertiary/aromatic N) is 2. The number of morpholine rings is 1. The lowest BCUT2D eigenvalue weighted by Crippen LogP contribution is -2.40. The Morgan fingerprint density at radius 1 is 1.00 bits per heavy atom. The van der Waals surface area contributed by atoms with Gasteiger partial charge in [0.25, 0.3) is 10.0 Å². The molecule has 0 spiro atoms. The number of hydrogen-bond acceptors (Lipinski definition) is 7. The number of nitrogens with one attached hydrogen (secondary N) is 1. The van der Waals surface area contributed by atoms with Crippen LogP contribution in [0, 0.1) is 0 Å². The van der Waals surface area contributed by atoms with Crippen molar-refractivity contribution in [3.8, 4) is 0 Å². The molecule has 13 heteroatoms. The summed E-state index contributed by atoms with van der Waals surface area (Å²) in [5.41, 5.74) is 0.687. The van der Waals surface area contributed by atoms with Gasteiger partial charge in [0.05, 0.1) is 28.8 Å². The molecule has 0 radical (unpaired) electrons. The van der Waals surface area contributed by atoms with Crippen LogP contribution in [0.25, 0.3) is 0 Å². The van der Waals surface area contributed by atoms with Gasteiger partial charge in [-0.3, -0.25) is 4.72 Å². The van der Waals surface area contributed by atoms with Crippen LogP contribution in [-0.4, -0.2) is 52.4 Å². The Morgan fingerprint density at radius 3 is 2.33 bits per heavy atom. The number of aromatic nitrogens is 1. The van der Waals surface area contributed by atoms with Crippen LogP contribution in [0.15, 0.2) is 74.2 Å². The Morgan fingerprint density at radius 2 is 1.69 bits per heavy atom. The zero-order valence-electron chi connectivity index (χ0n) is 19.1. The Bertz CT molecular complexity index is 1460. The normalized spacial score (nSPS) is 15.1. The van der Waals surface area contributed by atoms with Gasteiger partial charge in [-0.1, -0.05) is 41.9 Å². The van der Waals surface area contributed by atoms with E-state index in [1.54, 1.807) is 36.4 Å². The van der Waals surface area contributed by atoms with Crippen molar-refractivity contribution in [1.82, 2.24) is 9.29 Å². The Kier molecular flexibility index (Phi) is 8.50. The number of hydrogen-bond donors (Lipinski definition) is 1. The number of ether oxygens (including phenoxy) is 1. The topological polar surface area (TPSA) is 106 Å². The van der Waals surface area contributed by atoms with E-state index in [0.29, 0.717) is 43.4 Å². The summed E-state index contributed by atoms with van der Waals surface area (Å²) in [6, 6.07) is 14.2. The van der Waals surface area contributed by atoms with Gasteiger partial charge in [0, 0.05) is 27.9 Å². The van der Waals surface area contributed by atoms with Gasteiger partial charge in [0.15, 0.2) is 0 Å². The molecule has 8 nitrogen and oxygen atoms in total. The van der Waals surface area contributed by atoms with Crippen molar-refractivity contribution in [1.29, 1.82) is 0 Å². The number of halogens is 2. The van der Waals surface area contributed by atoms with E-state index in [1.165, 1.54) is 34.3 Å². The fourth-order valence-electron chi connectivity index (χ4n) is 3.52. The van der Waals surface area contributed by atoms with Crippen molar-refractivity contribution < 1.29 is 21.6 Å². The molecule has 2 heterocycles. The van der Waals surface area contributed by atoms with Crippen LogP contribution in [0.5, 0.6) is 0 Å². The molecule has 36 heavy (non-hydrogen) atoms. The number of aryl methyl sites for hydroxylation is 1. The minimum atomic E-state index is -3.96. The smallest absolute Gasteiger partial charge is 0.264 e. The largest absolute Gasteiger partial charge is 0.379 e. The summed E-state index contributed by atoms with van der Waals surface area (Å²) in [6.45, 7) is 3.37. The standard InChI is InChI=1S/C23H23Cl2N3O5S3/c1-2-20-21(8-10-23(26-20)27-35(29,30)22-9-3-16(24)15-19(22)25)34-17-4-6-18(7-5-17)36(31,32)28-11-13-33-14-12-28/h3-10,15H,2,11-14H2,1H3,(H,26,27). The molecule has 0 amide bonds. The van der Waals surface area contributed by atoms with Gasteiger partial charge in [-0.05, 0) is 61.0 Å². The van der Waals surface area contributed by atoms with Gasteiger partial charge in [0.2, 0.25) is 10.0 Å². The third-order valence-electron chi connectivity index (χ3n) is 5.35. The summed E-state index contributed by atoms with van der Waals surface area (Å²) in [5, 5.41) is 0.343. The molecular formula is C23H23Cl2N3O5S3. The Hall–Kier alpha value is -1.86. The Balaban J connectivity index is 1.51. The molecule has 192 valence electrons. The highest BCUT2D eigenvalue weighted by Gasteiger charge is 2.26. The third kappa shape index (κ3) is 6.16. The van der Waals surface area contributed by atoms with Crippen molar-refractivity contribution in [2.75, 3.05) is 31.0 Å². The van der Waals surface area contributed by atoms with Gasteiger partial charge in [-0.25, -0.2) is 21.8 Å². The van der Waals surface area contributed by atoms with E-state index >= 15 is 0 Å². The first-order valence-corrected chi connectivity index (χ1v) is 15.4. The lowest BCUT2D eigenvalue weighted by Gasteiger charge is -2.26. The predicted octanol–water partition coefficient (Wildman–Crippen LogP) is 4.92. The minimum Gasteiger partial charge on any atom is -0.379 e. The number of pyridine rings is 1. The Labute approximate surface area is 225 Å². The highest BCUT2D eigenvalue weighted by molar-refractivity contribution is 7.99. The number of anilines is 1. The first kappa shape index (κ1) is 27.2. The SMILES string of the molecule is CCc1nc(NS(=O)(=O)c2ccc(Cl)cc2Cl)ccc1Sc1ccc(S(=O)(=O)N2CCOCC2)cc1. The maximum atomic E-state index is 12.8. The number of sulfonamides is 2. The van der Waals surface area contributed by atoms with Crippen molar-refractivity contribution in [3.63, 3.8) is 0 Å². The molecule has 0 bridgehead atoms. The summed E-state index contributed by atoms with van der Waals surface area (Å²) in [5.74, 6) is 0.161. The molecule has 1 aliphatic heterocycles. The van der Waals surface area contributed by atoms with Gasteiger partial charge in [0.1, 0.15) is 10.7 Å². The second kappa shape index (κ2) is 11.3. The molecule has 3 aromatic rings. The molecule has 2 aromatic carbocycles. The zero-order chi connectivity index (χ0) is 25.9. The molecule has 0 saturated carbocycles. The van der Waals surface area contributed by atoms with Crippen LogP contribution in [0.1, 0.15) is 12.6 Å². The first-order chi connectivity index (χ1) is 17.1. The van der Waals surface area contributed by atoms with Gasteiger partial charge < -0.3 is 4.74 Å². The van der Waals surface area contributed by atoms with Crippen LogP contribution in [-0.2, 0) is 31.2 Å². The first-order valence-electron chi connectivity index (χ1n) is 10.9. The van der Waals surface area contributed by atoms with Crippen molar-refractivity contribution in [2.45, 2.75) is 32.9 Å². The summed E-state index contributed by atoms with van der Waals surface area (Å²) in [7, 11) is -7.53. The predicted molar refractivity (Wildman–Crippen MR) is 141 cm³/mol. The van der Waals surface area contributed by atoms with E-state index in [-0.39, 0.29) is 20.6 Å². The molecule has 4 rings (SSSR count). The fourth-order valence-corrected chi connectivity index (χ4v) is 7.67. The molecule has 0 aliphatic carbocycles. The maximum Gasteiger partial charge on any atom is 0.264 e. The molecule has 1 aliphatic rings. The van der Waals surface area contributed by atoms with Crippen LogP contribution in [0.3, 0.4) is 0 Å². The molecule has 1 saturated heterocycles.